The fourth-order valence-corrected chi connectivity index (χ4v) is 9.24. The van der Waals surface area contributed by atoms with E-state index in [0.717, 1.165) is 102 Å². The van der Waals surface area contributed by atoms with Gasteiger partial charge in [-0.25, -0.2) is 14.8 Å². The molecule has 6 aromatic rings. The maximum Gasteiger partial charge on any atom is 0.328 e. The highest BCUT2D eigenvalue weighted by molar-refractivity contribution is 6.12. The summed E-state index contributed by atoms with van der Waals surface area (Å²) >= 11 is 0. The molecule has 4 N–H and O–H groups in total. The van der Waals surface area contributed by atoms with Gasteiger partial charge in [-0.05, 0) is 105 Å². The van der Waals surface area contributed by atoms with E-state index in [2.05, 4.69) is 96.0 Å². The van der Waals surface area contributed by atoms with Crippen molar-refractivity contribution in [3.05, 3.63) is 95.4 Å². The van der Waals surface area contributed by atoms with E-state index in [4.69, 9.17) is 9.51 Å². The maximum atomic E-state index is 12.3. The van der Waals surface area contributed by atoms with Crippen molar-refractivity contribution >= 4 is 45.2 Å². The first-order valence-corrected chi connectivity index (χ1v) is 21.2. The number of aliphatic hydroxyl groups excluding tert-OH is 1. The van der Waals surface area contributed by atoms with Crippen molar-refractivity contribution in [1.29, 1.82) is 0 Å². The number of hydrogen-bond acceptors (Lipinski definition) is 11. The molecule has 14 nitrogen and oxygen atoms in total. The Balaban J connectivity index is 0.819. The fraction of sp³-hybridized carbons (Fsp3) is 0.435. The first-order chi connectivity index (χ1) is 28.9. The monoisotopic (exact) mass is 810 g/mol. The number of rotatable bonds is 10. The predicted octanol–water partition coefficient (Wildman–Crippen LogP) is 7.26. The number of piperidine rings is 1. The van der Waals surface area contributed by atoms with Gasteiger partial charge in [0.1, 0.15) is 12.0 Å². The van der Waals surface area contributed by atoms with E-state index < -0.39 is 6.23 Å². The van der Waals surface area contributed by atoms with Crippen LogP contribution < -0.4 is 20.4 Å². The lowest BCUT2D eigenvalue weighted by molar-refractivity contribution is -0.120. The van der Waals surface area contributed by atoms with Crippen molar-refractivity contribution in [2.75, 3.05) is 49.1 Å². The number of amides is 3. The SMILES string of the molecule is Cc1cc(-c2ncnc3[nH]c4cc([C@@H]5CCN(CC6CCN(c7ccc(N8CCC(=O)NC8=O)cc7)CC6)C5)ccc4c23)ccc1[C@@H](C)NC(O)c1nc(C(C)(C)C)no1. The van der Waals surface area contributed by atoms with Gasteiger partial charge >= 0.3 is 6.03 Å². The van der Waals surface area contributed by atoms with E-state index in [1.807, 2.05) is 39.8 Å². The van der Waals surface area contributed by atoms with Gasteiger partial charge < -0.3 is 24.4 Å². The molecule has 3 aromatic heterocycles. The van der Waals surface area contributed by atoms with Gasteiger partial charge in [0.25, 0.3) is 5.89 Å². The van der Waals surface area contributed by atoms with Crippen LogP contribution in [0.3, 0.4) is 0 Å². The minimum absolute atomic E-state index is 0.152. The number of carbonyl (C=O) groups is 2. The number of aromatic nitrogens is 5. The van der Waals surface area contributed by atoms with Crippen LogP contribution >= 0.6 is 0 Å². The van der Waals surface area contributed by atoms with E-state index in [1.54, 1.807) is 11.2 Å². The van der Waals surface area contributed by atoms with E-state index in [1.165, 1.54) is 11.3 Å². The highest BCUT2D eigenvalue weighted by Gasteiger charge is 2.30. The Labute approximate surface area is 349 Å². The molecule has 0 bridgehead atoms. The highest BCUT2D eigenvalue weighted by atomic mass is 16.5. The van der Waals surface area contributed by atoms with Gasteiger partial charge in [0, 0.05) is 78.4 Å². The normalized spacial score (nSPS) is 19.4. The van der Waals surface area contributed by atoms with Crippen molar-refractivity contribution in [3.8, 4) is 11.3 Å². The number of aliphatic hydroxyl groups is 1. The molecule has 3 amide bonds. The minimum atomic E-state index is -1.09. The Bertz CT molecular complexity index is 2530. The molecular formula is C46H54N10O4. The number of hydrogen-bond donors (Lipinski definition) is 4. The number of nitrogens with zero attached hydrogens (tertiary/aromatic N) is 7. The lowest BCUT2D eigenvalue weighted by Crippen LogP contribution is -2.49. The molecule has 312 valence electrons. The topological polar surface area (TPSA) is 169 Å². The quantitative estimate of drug-likeness (QED) is 0.103. The zero-order chi connectivity index (χ0) is 41.7. The summed E-state index contributed by atoms with van der Waals surface area (Å²) in [6, 6.07) is 20.8. The summed E-state index contributed by atoms with van der Waals surface area (Å²) in [7, 11) is 0. The zero-order valence-electron chi connectivity index (χ0n) is 35.0. The van der Waals surface area contributed by atoms with Crippen LogP contribution in [0, 0.1) is 12.8 Å². The number of likely N-dealkylation sites (tertiary alicyclic amines) is 1. The zero-order valence-corrected chi connectivity index (χ0v) is 35.0. The molecule has 9 rings (SSSR count). The first-order valence-electron chi connectivity index (χ1n) is 21.2. The maximum absolute atomic E-state index is 12.3. The van der Waals surface area contributed by atoms with Crippen molar-refractivity contribution in [3.63, 3.8) is 0 Å². The van der Waals surface area contributed by atoms with Gasteiger partial charge in [0.15, 0.2) is 12.1 Å². The molecule has 1 unspecified atom stereocenters. The van der Waals surface area contributed by atoms with Crippen LogP contribution in [0.2, 0.25) is 0 Å². The Morgan fingerprint density at radius 1 is 0.950 bits per heavy atom. The Morgan fingerprint density at radius 3 is 2.47 bits per heavy atom. The van der Waals surface area contributed by atoms with Gasteiger partial charge in [-0.3, -0.25) is 20.3 Å². The summed E-state index contributed by atoms with van der Waals surface area (Å²) < 4.78 is 5.36. The number of nitrogens with one attached hydrogen (secondary N) is 3. The molecule has 3 saturated heterocycles. The largest absolute Gasteiger partial charge is 0.372 e. The van der Waals surface area contributed by atoms with Crippen LogP contribution in [-0.2, 0) is 10.2 Å². The summed E-state index contributed by atoms with van der Waals surface area (Å²) in [5.74, 6) is 1.64. The average Bonchev–Trinajstić information content (AvgIpc) is 4.00. The Hall–Kier alpha value is -5.70. The van der Waals surface area contributed by atoms with Crippen LogP contribution in [0.5, 0.6) is 0 Å². The minimum Gasteiger partial charge on any atom is -0.372 e. The number of anilines is 2. The summed E-state index contributed by atoms with van der Waals surface area (Å²) in [5, 5.41) is 22.6. The Kier molecular flexibility index (Phi) is 10.6. The van der Waals surface area contributed by atoms with E-state index in [0.29, 0.717) is 30.6 Å². The molecule has 0 saturated carbocycles. The van der Waals surface area contributed by atoms with Gasteiger partial charge in [0.2, 0.25) is 5.91 Å². The van der Waals surface area contributed by atoms with Crippen LogP contribution in [0.1, 0.15) is 100.0 Å². The molecular weight excluding hydrogens is 757 g/mol. The number of carbonyl (C=O) groups excluding carboxylic acids is 2. The lowest BCUT2D eigenvalue weighted by atomic mass is 9.95. The second-order valence-corrected chi connectivity index (χ2v) is 17.9. The average molecular weight is 811 g/mol. The number of benzene rings is 3. The van der Waals surface area contributed by atoms with Crippen molar-refractivity contribution in [1.82, 2.24) is 40.6 Å². The van der Waals surface area contributed by atoms with Gasteiger partial charge in [0.05, 0.1) is 11.1 Å². The summed E-state index contributed by atoms with van der Waals surface area (Å²) in [6.45, 7) is 15.9. The van der Waals surface area contributed by atoms with E-state index >= 15 is 0 Å². The number of imide groups is 1. The number of fused-ring (bicyclic) bond motifs is 3. The standard InChI is InChI=1S/C46H54N10O4/c1-27-22-31(7-12-35(27)28(2)49-42(58)43-52-44(53-60-43)46(3,4)5)40-39-36-13-6-30(23-37(36)50-41(39)48-26-47-40)32-16-18-54(25-32)24-29-14-19-55(20-15-29)33-8-10-34(11-9-33)56-21-17-38(57)51-45(56)59/h6-13,22-23,26,28-29,32,42,49,58H,14-21,24-25H2,1-5H3,(H,47,48,50)(H,51,57,59)/t28-,32-,42?/m1/s1. The molecule has 3 atom stereocenters. The van der Waals surface area contributed by atoms with E-state index in [-0.39, 0.29) is 29.3 Å². The molecule has 3 aliphatic heterocycles. The lowest BCUT2D eigenvalue weighted by Gasteiger charge is -2.35. The second-order valence-electron chi connectivity index (χ2n) is 17.9. The molecule has 0 radical (unpaired) electrons. The summed E-state index contributed by atoms with van der Waals surface area (Å²) in [6.07, 6.45) is 4.32. The van der Waals surface area contributed by atoms with Gasteiger partial charge in [-0.1, -0.05) is 50.2 Å². The van der Waals surface area contributed by atoms with Gasteiger partial charge in [-0.2, -0.15) is 4.98 Å². The molecule has 60 heavy (non-hydrogen) atoms. The highest BCUT2D eigenvalue weighted by Crippen LogP contribution is 2.37. The molecule has 3 aliphatic rings. The molecule has 3 aromatic carbocycles. The van der Waals surface area contributed by atoms with E-state index in [9.17, 15) is 14.7 Å². The third-order valence-corrected chi connectivity index (χ3v) is 12.6. The van der Waals surface area contributed by atoms with Crippen molar-refractivity contribution < 1.29 is 19.2 Å². The van der Waals surface area contributed by atoms with Crippen molar-refractivity contribution in [2.45, 2.75) is 83.9 Å². The van der Waals surface area contributed by atoms with Crippen LogP contribution in [0.25, 0.3) is 33.2 Å². The Morgan fingerprint density at radius 2 is 1.73 bits per heavy atom. The number of urea groups is 1. The molecule has 0 spiro atoms. The number of aryl methyl sites for hydroxylation is 1. The molecule has 3 fully saturated rings. The van der Waals surface area contributed by atoms with Gasteiger partial charge in [-0.15, -0.1) is 0 Å². The van der Waals surface area contributed by atoms with Crippen molar-refractivity contribution in [2.24, 2.45) is 5.92 Å². The molecule has 6 heterocycles. The van der Waals surface area contributed by atoms with Crippen LogP contribution in [-0.4, -0.2) is 86.3 Å². The predicted molar refractivity (Wildman–Crippen MR) is 232 cm³/mol. The molecule has 0 aliphatic carbocycles. The first kappa shape index (κ1) is 39.7. The van der Waals surface area contributed by atoms with Crippen LogP contribution in [0.15, 0.2) is 71.5 Å². The molecule has 14 heteroatoms. The van der Waals surface area contributed by atoms with Crippen LogP contribution in [0.4, 0.5) is 16.2 Å². The summed E-state index contributed by atoms with van der Waals surface area (Å²) in [5.41, 5.74) is 8.99. The third kappa shape index (κ3) is 7.98. The smallest absolute Gasteiger partial charge is 0.328 e. The number of aromatic amines is 1. The fourth-order valence-electron chi connectivity index (χ4n) is 9.24. The number of H-pyrrole nitrogens is 1. The second kappa shape index (κ2) is 16.1. The third-order valence-electron chi connectivity index (χ3n) is 12.6. The summed E-state index contributed by atoms with van der Waals surface area (Å²) in [4.78, 5) is 48.0.